The van der Waals surface area contributed by atoms with Crippen LogP contribution in [0.4, 0.5) is 13.2 Å². The van der Waals surface area contributed by atoms with Crippen LogP contribution < -0.4 is 4.74 Å². The van der Waals surface area contributed by atoms with Crippen LogP contribution in [0.15, 0.2) is 12.3 Å². The standard InChI is InChI=1S/C7H3ClF3NO3/c8-3-1-4(6(13)14)5(12-2-3)15-7(9,10)11/h1-2H,(H,13,14). The van der Waals surface area contributed by atoms with Crippen molar-refractivity contribution in [2.45, 2.75) is 6.36 Å². The number of rotatable bonds is 2. The van der Waals surface area contributed by atoms with Gasteiger partial charge in [0, 0.05) is 6.20 Å². The summed E-state index contributed by atoms with van der Waals surface area (Å²) in [4.78, 5) is 13.6. The van der Waals surface area contributed by atoms with E-state index in [9.17, 15) is 18.0 Å². The number of hydrogen-bond donors (Lipinski definition) is 1. The van der Waals surface area contributed by atoms with Crippen LogP contribution in [0.25, 0.3) is 0 Å². The lowest BCUT2D eigenvalue weighted by atomic mass is 10.3. The number of carboxylic acids is 1. The first-order chi connectivity index (χ1) is 6.79. The number of ether oxygens (including phenoxy) is 1. The molecule has 0 saturated heterocycles. The van der Waals surface area contributed by atoms with E-state index in [4.69, 9.17) is 16.7 Å². The highest BCUT2D eigenvalue weighted by atomic mass is 35.5. The molecule has 0 spiro atoms. The molecule has 1 aromatic heterocycles. The third-order valence-electron chi connectivity index (χ3n) is 1.26. The summed E-state index contributed by atoms with van der Waals surface area (Å²) in [6, 6.07) is 0.817. The molecule has 0 atom stereocenters. The summed E-state index contributed by atoms with van der Waals surface area (Å²) in [6.07, 6.45) is -4.14. The number of hydrogen-bond acceptors (Lipinski definition) is 3. The SMILES string of the molecule is O=C(O)c1cc(Cl)cnc1OC(F)(F)F. The van der Waals surface area contributed by atoms with Crippen LogP contribution in [-0.4, -0.2) is 22.4 Å². The lowest BCUT2D eigenvalue weighted by Crippen LogP contribution is -2.20. The average Bonchev–Trinajstić information content (AvgIpc) is 2.05. The molecule has 0 aromatic carbocycles. The van der Waals surface area contributed by atoms with E-state index >= 15 is 0 Å². The van der Waals surface area contributed by atoms with Gasteiger partial charge in [0.05, 0.1) is 5.02 Å². The van der Waals surface area contributed by atoms with Gasteiger partial charge in [-0.05, 0) is 6.07 Å². The summed E-state index contributed by atoms with van der Waals surface area (Å²) in [6.45, 7) is 0. The second kappa shape index (κ2) is 3.93. The van der Waals surface area contributed by atoms with Crippen LogP contribution in [0.5, 0.6) is 5.88 Å². The number of alkyl halides is 3. The van der Waals surface area contributed by atoms with Crippen LogP contribution in [-0.2, 0) is 0 Å². The number of aromatic carboxylic acids is 1. The van der Waals surface area contributed by atoms with Gasteiger partial charge in [-0.1, -0.05) is 11.6 Å². The van der Waals surface area contributed by atoms with Crippen LogP contribution in [0.1, 0.15) is 10.4 Å². The van der Waals surface area contributed by atoms with Gasteiger partial charge in [0.2, 0.25) is 5.88 Å². The molecule has 0 aliphatic rings. The Labute approximate surface area is 86.3 Å². The Morgan fingerprint density at radius 2 is 2.13 bits per heavy atom. The van der Waals surface area contributed by atoms with Crippen molar-refractivity contribution in [1.82, 2.24) is 4.98 Å². The third kappa shape index (κ3) is 3.28. The molecule has 15 heavy (non-hydrogen) atoms. The predicted octanol–water partition coefficient (Wildman–Crippen LogP) is 2.33. The Hall–Kier alpha value is -1.50. The Morgan fingerprint density at radius 3 is 2.60 bits per heavy atom. The Morgan fingerprint density at radius 1 is 1.53 bits per heavy atom. The highest BCUT2D eigenvalue weighted by Gasteiger charge is 2.33. The average molecular weight is 242 g/mol. The van der Waals surface area contributed by atoms with Crippen molar-refractivity contribution >= 4 is 17.6 Å². The fraction of sp³-hybridized carbons (Fsp3) is 0.143. The van der Waals surface area contributed by atoms with E-state index in [2.05, 4.69) is 9.72 Å². The van der Waals surface area contributed by atoms with E-state index in [1.165, 1.54) is 0 Å². The molecule has 1 aromatic rings. The highest BCUT2D eigenvalue weighted by molar-refractivity contribution is 6.30. The second-order valence-corrected chi connectivity index (χ2v) is 2.80. The molecule has 1 N–H and O–H groups in total. The minimum Gasteiger partial charge on any atom is -0.477 e. The molecular weight excluding hydrogens is 239 g/mol. The molecule has 1 rings (SSSR count). The van der Waals surface area contributed by atoms with Crippen LogP contribution in [0.3, 0.4) is 0 Å². The summed E-state index contributed by atoms with van der Waals surface area (Å²) in [5.41, 5.74) is -0.750. The molecule has 0 aliphatic heterocycles. The van der Waals surface area contributed by atoms with Crippen LogP contribution in [0, 0.1) is 0 Å². The third-order valence-corrected chi connectivity index (χ3v) is 1.47. The van der Waals surface area contributed by atoms with Gasteiger partial charge in [0.15, 0.2) is 0 Å². The molecule has 1 heterocycles. The number of carbonyl (C=O) groups is 1. The fourth-order valence-corrected chi connectivity index (χ4v) is 0.929. The molecule has 0 aliphatic carbocycles. The largest absolute Gasteiger partial charge is 0.574 e. The molecule has 0 radical (unpaired) electrons. The molecule has 4 nitrogen and oxygen atoms in total. The smallest absolute Gasteiger partial charge is 0.477 e. The van der Waals surface area contributed by atoms with Gasteiger partial charge < -0.3 is 9.84 Å². The van der Waals surface area contributed by atoms with Gasteiger partial charge in [0.25, 0.3) is 0 Å². The molecule has 0 amide bonds. The zero-order valence-corrected chi connectivity index (χ0v) is 7.63. The first-order valence-electron chi connectivity index (χ1n) is 3.44. The van der Waals surface area contributed by atoms with Crippen molar-refractivity contribution in [3.05, 3.63) is 22.8 Å². The minimum absolute atomic E-state index is 0.0954. The van der Waals surface area contributed by atoms with Gasteiger partial charge in [-0.25, -0.2) is 9.78 Å². The lowest BCUT2D eigenvalue weighted by molar-refractivity contribution is -0.276. The van der Waals surface area contributed by atoms with Gasteiger partial charge in [0.1, 0.15) is 5.56 Å². The van der Waals surface area contributed by atoms with Crippen molar-refractivity contribution in [3.63, 3.8) is 0 Å². The van der Waals surface area contributed by atoms with Crippen LogP contribution >= 0.6 is 11.6 Å². The van der Waals surface area contributed by atoms with Crippen molar-refractivity contribution < 1.29 is 27.8 Å². The van der Waals surface area contributed by atoms with E-state index in [0.717, 1.165) is 12.3 Å². The highest BCUT2D eigenvalue weighted by Crippen LogP contribution is 2.25. The summed E-state index contributed by atoms with van der Waals surface area (Å²) >= 11 is 5.37. The molecule has 82 valence electrons. The summed E-state index contributed by atoms with van der Waals surface area (Å²) in [7, 11) is 0. The predicted molar refractivity (Wildman–Crippen MR) is 42.9 cm³/mol. The molecule has 0 unspecified atom stereocenters. The molecular formula is C7H3ClF3NO3. The Balaban J connectivity index is 3.12. The zero-order valence-electron chi connectivity index (χ0n) is 6.88. The second-order valence-electron chi connectivity index (χ2n) is 2.36. The molecule has 8 heteroatoms. The van der Waals surface area contributed by atoms with E-state index in [1.54, 1.807) is 0 Å². The van der Waals surface area contributed by atoms with E-state index in [-0.39, 0.29) is 5.02 Å². The van der Waals surface area contributed by atoms with Crippen LogP contribution in [0.2, 0.25) is 5.02 Å². The topological polar surface area (TPSA) is 59.4 Å². The number of aromatic nitrogens is 1. The van der Waals surface area contributed by atoms with Crippen molar-refractivity contribution in [2.75, 3.05) is 0 Å². The van der Waals surface area contributed by atoms with Crippen molar-refractivity contribution in [1.29, 1.82) is 0 Å². The molecule has 0 saturated carbocycles. The Kier molecular flexibility index (Phi) is 3.04. The molecule has 0 bridgehead atoms. The van der Waals surface area contributed by atoms with E-state index in [0.29, 0.717) is 0 Å². The van der Waals surface area contributed by atoms with Gasteiger partial charge >= 0.3 is 12.3 Å². The maximum Gasteiger partial charge on any atom is 0.574 e. The normalized spacial score (nSPS) is 11.2. The number of halogens is 4. The minimum atomic E-state index is -5.00. The quantitative estimate of drug-likeness (QED) is 0.863. The summed E-state index contributed by atoms with van der Waals surface area (Å²) < 4.78 is 38.8. The van der Waals surface area contributed by atoms with E-state index in [1.807, 2.05) is 0 Å². The van der Waals surface area contributed by atoms with Gasteiger partial charge in [-0.15, -0.1) is 13.2 Å². The van der Waals surface area contributed by atoms with E-state index < -0.39 is 23.8 Å². The lowest BCUT2D eigenvalue weighted by Gasteiger charge is -2.09. The van der Waals surface area contributed by atoms with Gasteiger partial charge in [-0.2, -0.15) is 0 Å². The first-order valence-corrected chi connectivity index (χ1v) is 3.82. The number of nitrogens with zero attached hydrogens (tertiary/aromatic N) is 1. The maximum atomic E-state index is 11.8. The summed E-state index contributed by atoms with van der Waals surface area (Å²) in [5.74, 6) is -2.65. The van der Waals surface area contributed by atoms with Gasteiger partial charge in [-0.3, -0.25) is 0 Å². The number of carboxylic acid groups (broad SMARTS) is 1. The fourth-order valence-electron chi connectivity index (χ4n) is 0.771. The maximum absolute atomic E-state index is 11.8. The Bertz CT molecular complexity index is 394. The molecule has 0 fully saturated rings. The number of pyridine rings is 1. The zero-order chi connectivity index (χ0) is 11.6. The first kappa shape index (κ1) is 11.6. The monoisotopic (exact) mass is 241 g/mol. The summed E-state index contributed by atoms with van der Waals surface area (Å²) in [5, 5.41) is 8.45. The van der Waals surface area contributed by atoms with Crippen molar-refractivity contribution in [3.8, 4) is 5.88 Å². The van der Waals surface area contributed by atoms with Crippen molar-refractivity contribution in [2.24, 2.45) is 0 Å².